The first kappa shape index (κ1) is 30.7. The molecule has 3 rings (SSSR count). The van der Waals surface area contributed by atoms with Gasteiger partial charge in [-0.05, 0) is 45.8 Å². The molecular formula is C31H40IrNO2-. The van der Waals surface area contributed by atoms with Crippen molar-refractivity contribution in [2.45, 2.75) is 74.1 Å². The smallest absolute Gasteiger partial charge is 0.159 e. The first-order chi connectivity index (χ1) is 16.0. The second-order valence-electron chi connectivity index (χ2n) is 10.3. The van der Waals surface area contributed by atoms with Gasteiger partial charge in [-0.1, -0.05) is 73.6 Å². The second-order valence-corrected chi connectivity index (χ2v) is 10.3. The minimum atomic E-state index is 0. The molecule has 0 fully saturated rings. The third kappa shape index (κ3) is 10.1. The Morgan fingerprint density at radius 1 is 0.971 bits per heavy atom. The van der Waals surface area contributed by atoms with Gasteiger partial charge < -0.3 is 10.1 Å². The number of benzene rings is 2. The standard InChI is InChI=1S/C20H20N.C11H20O2.Ir/c1-13(2)16-5-6-19-17(12-16)7-8-21-20(19)18-10-14(3)9-15(4)11-18;1-8(2)5-10(12)7-11(13)6-9(3)4;/h5-10,12-13H,1-4H3;7-9,12H,5-6H2,1-4H3;/q-1;;/b;10-7-;. The number of carbonyl (C=O) groups is 1. The molecule has 0 aliphatic carbocycles. The van der Waals surface area contributed by atoms with E-state index in [1.807, 2.05) is 33.9 Å². The van der Waals surface area contributed by atoms with Crippen molar-refractivity contribution in [3.8, 4) is 11.3 Å². The summed E-state index contributed by atoms with van der Waals surface area (Å²) < 4.78 is 0. The summed E-state index contributed by atoms with van der Waals surface area (Å²) in [6.45, 7) is 16.6. The Hall–Kier alpha value is -2.29. The SMILES string of the molecule is CC(C)CC(=O)/C=C(\O)CC(C)C.Cc1[c-]c(-c2nccc3cc(C(C)C)ccc23)cc(C)c1.[Ir]. The van der Waals surface area contributed by atoms with Gasteiger partial charge in [0.15, 0.2) is 5.78 Å². The number of hydrogen-bond acceptors (Lipinski definition) is 3. The molecule has 35 heavy (non-hydrogen) atoms. The van der Waals surface area contributed by atoms with Crippen LogP contribution in [-0.2, 0) is 24.9 Å². The number of aliphatic hydroxyl groups excluding tert-OH is 1. The van der Waals surface area contributed by atoms with Gasteiger partial charge in [0.25, 0.3) is 0 Å². The summed E-state index contributed by atoms with van der Waals surface area (Å²) in [6.07, 6.45) is 4.36. The van der Waals surface area contributed by atoms with Crippen molar-refractivity contribution in [1.82, 2.24) is 4.98 Å². The molecule has 0 saturated heterocycles. The number of aryl methyl sites for hydroxylation is 2. The Kier molecular flexibility index (Phi) is 12.6. The van der Waals surface area contributed by atoms with E-state index < -0.39 is 0 Å². The molecule has 0 atom stereocenters. The van der Waals surface area contributed by atoms with E-state index in [1.165, 1.54) is 28.0 Å². The quantitative estimate of drug-likeness (QED) is 0.158. The van der Waals surface area contributed by atoms with Crippen molar-refractivity contribution in [2.75, 3.05) is 0 Å². The first-order valence-corrected chi connectivity index (χ1v) is 12.3. The molecule has 4 heteroatoms. The summed E-state index contributed by atoms with van der Waals surface area (Å²) in [5.41, 5.74) is 5.87. The fourth-order valence-electron chi connectivity index (χ4n) is 3.92. The van der Waals surface area contributed by atoms with E-state index in [0.29, 0.717) is 30.6 Å². The van der Waals surface area contributed by atoms with Crippen LogP contribution in [-0.4, -0.2) is 15.9 Å². The third-order valence-electron chi connectivity index (χ3n) is 5.41. The Labute approximate surface area is 225 Å². The molecule has 0 aliphatic rings. The van der Waals surface area contributed by atoms with Gasteiger partial charge in [-0.25, -0.2) is 0 Å². The van der Waals surface area contributed by atoms with Crippen molar-refractivity contribution >= 4 is 16.6 Å². The number of carbonyl (C=O) groups excluding carboxylic acids is 1. The van der Waals surface area contributed by atoms with Crippen LogP contribution in [0, 0.1) is 31.7 Å². The summed E-state index contributed by atoms with van der Waals surface area (Å²) in [7, 11) is 0. The maximum absolute atomic E-state index is 11.2. The average molecular weight is 651 g/mol. The summed E-state index contributed by atoms with van der Waals surface area (Å²) in [6, 6.07) is 16.5. The zero-order valence-electron chi connectivity index (χ0n) is 22.4. The number of ketones is 1. The minimum absolute atomic E-state index is 0. The monoisotopic (exact) mass is 651 g/mol. The minimum Gasteiger partial charge on any atom is -0.512 e. The molecule has 2 aromatic carbocycles. The predicted molar refractivity (Wildman–Crippen MR) is 144 cm³/mol. The van der Waals surface area contributed by atoms with Crippen molar-refractivity contribution in [2.24, 2.45) is 11.8 Å². The van der Waals surface area contributed by atoms with E-state index in [0.717, 1.165) is 16.8 Å². The predicted octanol–water partition coefficient (Wildman–Crippen LogP) is 8.53. The van der Waals surface area contributed by atoms with Gasteiger partial charge in [0, 0.05) is 45.2 Å². The van der Waals surface area contributed by atoms with Crippen molar-refractivity contribution < 1.29 is 30.0 Å². The van der Waals surface area contributed by atoms with E-state index >= 15 is 0 Å². The Morgan fingerprint density at radius 3 is 2.20 bits per heavy atom. The Morgan fingerprint density at radius 2 is 1.63 bits per heavy atom. The molecule has 1 radical (unpaired) electrons. The molecule has 3 nitrogen and oxygen atoms in total. The molecule has 191 valence electrons. The van der Waals surface area contributed by atoms with Crippen LogP contribution in [0.1, 0.15) is 77.0 Å². The molecule has 1 heterocycles. The number of allylic oxidation sites excluding steroid dienone is 2. The maximum atomic E-state index is 11.2. The molecule has 0 spiro atoms. The molecule has 0 unspecified atom stereocenters. The topological polar surface area (TPSA) is 50.2 Å². The largest absolute Gasteiger partial charge is 0.512 e. The van der Waals surface area contributed by atoms with Gasteiger partial charge in [0.05, 0.1) is 5.76 Å². The first-order valence-electron chi connectivity index (χ1n) is 12.3. The molecule has 0 bridgehead atoms. The van der Waals surface area contributed by atoms with Crippen LogP contribution in [0.2, 0.25) is 0 Å². The summed E-state index contributed by atoms with van der Waals surface area (Å²) in [4.78, 5) is 15.8. The van der Waals surface area contributed by atoms with E-state index in [9.17, 15) is 9.90 Å². The number of fused-ring (bicyclic) bond motifs is 1. The molecular weight excluding hydrogens is 611 g/mol. The fourth-order valence-corrected chi connectivity index (χ4v) is 3.92. The molecule has 0 aliphatic heterocycles. The zero-order valence-corrected chi connectivity index (χ0v) is 24.8. The Balaban J connectivity index is 0.000000383. The van der Waals surface area contributed by atoms with Crippen LogP contribution >= 0.6 is 0 Å². The van der Waals surface area contributed by atoms with E-state index in [-0.39, 0.29) is 31.6 Å². The van der Waals surface area contributed by atoms with Gasteiger partial charge in [0.2, 0.25) is 0 Å². The third-order valence-corrected chi connectivity index (χ3v) is 5.41. The van der Waals surface area contributed by atoms with Crippen LogP contribution in [0.15, 0.2) is 54.4 Å². The number of pyridine rings is 1. The van der Waals surface area contributed by atoms with E-state index in [4.69, 9.17) is 0 Å². The zero-order chi connectivity index (χ0) is 25.4. The average Bonchev–Trinajstić information content (AvgIpc) is 2.71. The van der Waals surface area contributed by atoms with Crippen LogP contribution < -0.4 is 0 Å². The number of rotatable bonds is 7. The molecule has 1 N–H and O–H groups in total. The summed E-state index contributed by atoms with van der Waals surface area (Å²) >= 11 is 0. The van der Waals surface area contributed by atoms with Crippen molar-refractivity contribution in [3.63, 3.8) is 0 Å². The van der Waals surface area contributed by atoms with Gasteiger partial charge in [0.1, 0.15) is 0 Å². The number of aliphatic hydroxyl groups is 1. The summed E-state index contributed by atoms with van der Waals surface area (Å²) in [5.74, 6) is 1.52. The van der Waals surface area contributed by atoms with Gasteiger partial charge >= 0.3 is 0 Å². The van der Waals surface area contributed by atoms with Crippen molar-refractivity contribution in [1.29, 1.82) is 0 Å². The van der Waals surface area contributed by atoms with Gasteiger partial charge in [-0.2, -0.15) is 0 Å². The van der Waals surface area contributed by atoms with Crippen molar-refractivity contribution in [3.05, 3.63) is 77.2 Å². The van der Waals surface area contributed by atoms with E-state index in [1.54, 1.807) is 0 Å². The number of aromatic nitrogens is 1. The molecule has 0 saturated carbocycles. The molecule has 1 aromatic heterocycles. The van der Waals surface area contributed by atoms with Gasteiger partial charge in [-0.3, -0.25) is 4.79 Å². The maximum Gasteiger partial charge on any atom is 0.159 e. The van der Waals surface area contributed by atoms with Crippen LogP contribution in [0.25, 0.3) is 22.0 Å². The number of hydrogen-bond donors (Lipinski definition) is 1. The van der Waals surface area contributed by atoms with Crippen LogP contribution in [0.3, 0.4) is 0 Å². The number of nitrogens with zero attached hydrogens (tertiary/aromatic N) is 1. The van der Waals surface area contributed by atoms with Gasteiger partial charge in [-0.15, -0.1) is 34.9 Å². The molecule has 0 amide bonds. The molecule has 3 aromatic rings. The van der Waals surface area contributed by atoms with E-state index in [2.05, 4.69) is 75.1 Å². The normalized spacial score (nSPS) is 11.5. The Bertz CT molecular complexity index is 1130. The van der Waals surface area contributed by atoms with Crippen LogP contribution in [0.5, 0.6) is 0 Å². The fraction of sp³-hybridized carbons (Fsp3) is 0.419. The van der Waals surface area contributed by atoms with Crippen LogP contribution in [0.4, 0.5) is 0 Å². The second kappa shape index (κ2) is 14.3. The summed E-state index contributed by atoms with van der Waals surface area (Å²) in [5, 5.41) is 11.8.